The van der Waals surface area contributed by atoms with E-state index in [-0.39, 0.29) is 11.7 Å². The number of H-pyrrole nitrogens is 1. The summed E-state index contributed by atoms with van der Waals surface area (Å²) >= 11 is 0. The highest BCUT2D eigenvalue weighted by molar-refractivity contribution is 6.01. The zero-order valence-electron chi connectivity index (χ0n) is 11.9. The van der Waals surface area contributed by atoms with Crippen molar-refractivity contribution in [3.8, 4) is 5.75 Å². The maximum absolute atomic E-state index is 12.1. The molecule has 2 aromatic carbocycles. The highest BCUT2D eigenvalue weighted by Crippen LogP contribution is 2.12. The number of imidazole rings is 1. The lowest BCUT2D eigenvalue weighted by Crippen LogP contribution is -2.19. The molecule has 3 rings (SSSR count). The van der Waals surface area contributed by atoms with Crippen molar-refractivity contribution in [2.45, 2.75) is 6.92 Å². The number of hydrogen-bond acceptors (Lipinski definition) is 4. The van der Waals surface area contributed by atoms with E-state index in [1.165, 1.54) is 0 Å². The van der Waals surface area contributed by atoms with Gasteiger partial charge >= 0.3 is 0 Å². The molecule has 1 aromatic heterocycles. The number of aromatic nitrogens is 2. The quantitative estimate of drug-likeness (QED) is 0.512. The van der Waals surface area contributed by atoms with Gasteiger partial charge in [-0.05, 0) is 55.0 Å². The van der Waals surface area contributed by atoms with Gasteiger partial charge in [-0.25, -0.2) is 10.4 Å². The van der Waals surface area contributed by atoms with Crippen molar-refractivity contribution >= 4 is 22.7 Å². The van der Waals surface area contributed by atoms with E-state index in [0.717, 1.165) is 16.6 Å². The van der Waals surface area contributed by atoms with E-state index in [2.05, 4.69) is 20.5 Å². The van der Waals surface area contributed by atoms with E-state index in [1.807, 2.05) is 0 Å². The molecule has 0 aliphatic carbocycles. The van der Waals surface area contributed by atoms with Gasteiger partial charge in [0.25, 0.3) is 5.91 Å². The van der Waals surface area contributed by atoms with Crippen molar-refractivity contribution in [1.82, 2.24) is 15.4 Å². The Balaban J connectivity index is 1.75. The van der Waals surface area contributed by atoms with Crippen LogP contribution in [0.3, 0.4) is 0 Å². The molecule has 0 saturated heterocycles. The molecule has 0 fully saturated rings. The minimum Gasteiger partial charge on any atom is -0.508 e. The van der Waals surface area contributed by atoms with E-state index < -0.39 is 0 Å². The molecule has 0 saturated carbocycles. The molecule has 0 bridgehead atoms. The highest BCUT2D eigenvalue weighted by atomic mass is 16.3. The molecule has 0 atom stereocenters. The molecule has 22 heavy (non-hydrogen) atoms. The number of benzene rings is 2. The van der Waals surface area contributed by atoms with Crippen LogP contribution in [-0.2, 0) is 0 Å². The molecule has 3 N–H and O–H groups in total. The maximum atomic E-state index is 12.1. The number of hydrazone groups is 1. The molecule has 0 radical (unpaired) electrons. The van der Waals surface area contributed by atoms with Crippen LogP contribution in [0.5, 0.6) is 5.75 Å². The maximum Gasteiger partial charge on any atom is 0.271 e. The molecule has 0 aliphatic rings. The Bertz CT molecular complexity index is 850. The van der Waals surface area contributed by atoms with Crippen molar-refractivity contribution in [1.29, 1.82) is 0 Å². The third-order valence-corrected chi connectivity index (χ3v) is 3.29. The van der Waals surface area contributed by atoms with E-state index in [4.69, 9.17) is 0 Å². The number of amides is 1. The van der Waals surface area contributed by atoms with Gasteiger partial charge in [-0.15, -0.1) is 0 Å². The molecule has 6 nitrogen and oxygen atoms in total. The topological polar surface area (TPSA) is 90.4 Å². The van der Waals surface area contributed by atoms with E-state index in [0.29, 0.717) is 11.3 Å². The summed E-state index contributed by atoms with van der Waals surface area (Å²) in [4.78, 5) is 19.2. The first-order valence-electron chi connectivity index (χ1n) is 6.70. The zero-order valence-corrected chi connectivity index (χ0v) is 11.9. The predicted octanol–water partition coefficient (Wildman–Crippen LogP) is 2.42. The first-order chi connectivity index (χ1) is 10.6. The van der Waals surface area contributed by atoms with E-state index >= 15 is 0 Å². The van der Waals surface area contributed by atoms with Crippen LogP contribution in [0.15, 0.2) is 53.9 Å². The van der Waals surface area contributed by atoms with Gasteiger partial charge in [0.05, 0.1) is 23.1 Å². The van der Waals surface area contributed by atoms with Gasteiger partial charge in [0.1, 0.15) is 5.75 Å². The zero-order chi connectivity index (χ0) is 15.5. The number of hydrogen-bond donors (Lipinski definition) is 3. The largest absolute Gasteiger partial charge is 0.508 e. The summed E-state index contributed by atoms with van der Waals surface area (Å²) in [6, 6.07) is 11.8. The van der Waals surface area contributed by atoms with Crippen molar-refractivity contribution in [2.75, 3.05) is 0 Å². The molecule has 0 aliphatic heterocycles. The van der Waals surface area contributed by atoms with Crippen molar-refractivity contribution in [3.63, 3.8) is 0 Å². The van der Waals surface area contributed by atoms with Crippen LogP contribution < -0.4 is 5.43 Å². The fourth-order valence-corrected chi connectivity index (χ4v) is 2.04. The van der Waals surface area contributed by atoms with Gasteiger partial charge in [0.15, 0.2) is 0 Å². The normalized spacial score (nSPS) is 11.6. The van der Waals surface area contributed by atoms with E-state index in [1.54, 1.807) is 55.7 Å². The van der Waals surface area contributed by atoms with Gasteiger partial charge in [0.2, 0.25) is 0 Å². The molecule has 3 aromatic rings. The van der Waals surface area contributed by atoms with Crippen molar-refractivity contribution < 1.29 is 9.90 Å². The SMILES string of the molecule is C/C(=N/NC(=O)c1ccc2nc[nH]c2c1)c1ccc(O)cc1. The number of nitrogens with one attached hydrogen (secondary N) is 2. The van der Waals surface area contributed by atoms with Crippen molar-refractivity contribution in [2.24, 2.45) is 5.10 Å². The Morgan fingerprint density at radius 1 is 1.18 bits per heavy atom. The number of phenols is 1. The third kappa shape index (κ3) is 2.80. The van der Waals surface area contributed by atoms with Gasteiger partial charge in [-0.2, -0.15) is 5.10 Å². The summed E-state index contributed by atoms with van der Waals surface area (Å²) in [5.74, 6) is -0.108. The second-order valence-corrected chi connectivity index (χ2v) is 4.82. The highest BCUT2D eigenvalue weighted by Gasteiger charge is 2.07. The standard InChI is InChI=1S/C16H14N4O2/c1-10(11-2-5-13(21)6-3-11)19-20-16(22)12-4-7-14-15(8-12)18-9-17-14/h2-9,21H,1H3,(H,17,18)(H,20,22)/b19-10-. The van der Waals surface area contributed by atoms with E-state index in [9.17, 15) is 9.90 Å². The Hall–Kier alpha value is -3.15. The number of phenolic OH excluding ortho intramolecular Hbond substituents is 1. The fraction of sp³-hybridized carbons (Fsp3) is 0.0625. The summed E-state index contributed by atoms with van der Waals surface area (Å²) in [5, 5.41) is 13.3. The Morgan fingerprint density at radius 2 is 1.91 bits per heavy atom. The Labute approximate surface area is 126 Å². The van der Waals surface area contributed by atoms with Gasteiger partial charge in [0, 0.05) is 5.56 Å². The number of carbonyl (C=O) groups excluding carboxylic acids is 1. The first kappa shape index (κ1) is 13.8. The monoisotopic (exact) mass is 294 g/mol. The van der Waals surface area contributed by atoms with Crippen LogP contribution >= 0.6 is 0 Å². The lowest BCUT2D eigenvalue weighted by Gasteiger charge is -2.03. The summed E-state index contributed by atoms with van der Waals surface area (Å²) in [7, 11) is 0. The van der Waals surface area contributed by atoms with Crippen LogP contribution in [0, 0.1) is 0 Å². The van der Waals surface area contributed by atoms with Crippen LogP contribution in [-0.4, -0.2) is 26.7 Å². The molecule has 6 heteroatoms. The van der Waals surface area contributed by atoms with Crippen molar-refractivity contribution in [3.05, 3.63) is 59.9 Å². The average molecular weight is 294 g/mol. The minimum absolute atomic E-state index is 0.188. The minimum atomic E-state index is -0.297. The number of aromatic hydroxyl groups is 1. The molecule has 0 spiro atoms. The lowest BCUT2D eigenvalue weighted by atomic mass is 10.1. The molecule has 110 valence electrons. The second kappa shape index (κ2) is 5.69. The second-order valence-electron chi connectivity index (χ2n) is 4.82. The molecular weight excluding hydrogens is 280 g/mol. The number of rotatable bonds is 3. The fourth-order valence-electron chi connectivity index (χ4n) is 2.04. The van der Waals surface area contributed by atoms with Gasteiger partial charge in [-0.1, -0.05) is 0 Å². The molecule has 1 heterocycles. The van der Waals surface area contributed by atoms with Gasteiger partial charge < -0.3 is 10.1 Å². The smallest absolute Gasteiger partial charge is 0.271 e. The summed E-state index contributed by atoms with van der Waals surface area (Å²) in [6.07, 6.45) is 1.58. The molecular formula is C16H14N4O2. The average Bonchev–Trinajstić information content (AvgIpc) is 3.00. The third-order valence-electron chi connectivity index (χ3n) is 3.29. The van der Waals surface area contributed by atoms with Crippen LogP contribution in [0.4, 0.5) is 0 Å². The molecule has 0 unspecified atom stereocenters. The first-order valence-corrected chi connectivity index (χ1v) is 6.70. The summed E-state index contributed by atoms with van der Waals surface area (Å²) in [6.45, 7) is 1.78. The number of nitrogens with zero attached hydrogens (tertiary/aromatic N) is 2. The Morgan fingerprint density at radius 3 is 2.68 bits per heavy atom. The summed E-state index contributed by atoms with van der Waals surface area (Å²) < 4.78 is 0. The Kier molecular flexibility index (Phi) is 3.57. The van der Waals surface area contributed by atoms with Crippen LogP contribution in [0.25, 0.3) is 11.0 Å². The summed E-state index contributed by atoms with van der Waals surface area (Å²) in [5.41, 5.74) is 6.09. The number of fused-ring (bicyclic) bond motifs is 1. The molecule has 1 amide bonds. The van der Waals surface area contributed by atoms with Crippen LogP contribution in [0.2, 0.25) is 0 Å². The predicted molar refractivity (Wildman–Crippen MR) is 83.9 cm³/mol. The van der Waals surface area contributed by atoms with Gasteiger partial charge in [-0.3, -0.25) is 4.79 Å². The number of carbonyl (C=O) groups is 1. The lowest BCUT2D eigenvalue weighted by molar-refractivity contribution is 0.0955. The van der Waals surface area contributed by atoms with Crippen LogP contribution in [0.1, 0.15) is 22.8 Å². The number of aromatic amines is 1.